The van der Waals surface area contributed by atoms with E-state index in [0.29, 0.717) is 23.5 Å². The van der Waals surface area contributed by atoms with Crippen molar-refractivity contribution in [3.63, 3.8) is 0 Å². The fourth-order valence-electron chi connectivity index (χ4n) is 3.66. The summed E-state index contributed by atoms with van der Waals surface area (Å²) in [6.07, 6.45) is 5.21. The van der Waals surface area contributed by atoms with Crippen molar-refractivity contribution in [2.75, 3.05) is 24.3 Å². The number of halogens is 1. The van der Waals surface area contributed by atoms with Gasteiger partial charge in [0.1, 0.15) is 11.6 Å². The van der Waals surface area contributed by atoms with Crippen molar-refractivity contribution in [3.05, 3.63) is 61.7 Å². The summed E-state index contributed by atoms with van der Waals surface area (Å²) in [5.41, 5.74) is 3.46. The third-order valence-corrected chi connectivity index (χ3v) is 5.52. The van der Waals surface area contributed by atoms with Gasteiger partial charge in [0, 0.05) is 43.7 Å². The highest BCUT2D eigenvalue weighted by Crippen LogP contribution is 2.37. The van der Waals surface area contributed by atoms with Gasteiger partial charge in [0.2, 0.25) is 0 Å². The van der Waals surface area contributed by atoms with Crippen molar-refractivity contribution in [2.45, 2.75) is 59.4 Å². The van der Waals surface area contributed by atoms with Crippen LogP contribution in [-0.4, -0.2) is 29.4 Å². The zero-order valence-corrected chi connectivity index (χ0v) is 19.7. The molecular formula is C24H32FN5O2. The Balaban J connectivity index is 1.93. The molecule has 0 aliphatic heterocycles. The molecule has 7 nitrogen and oxygen atoms in total. The normalized spacial score (nSPS) is 14.6. The molecule has 1 saturated carbocycles. The maximum absolute atomic E-state index is 14.3. The fourth-order valence-corrected chi connectivity index (χ4v) is 3.66. The van der Waals surface area contributed by atoms with Crippen LogP contribution in [-0.2, 0) is 0 Å². The third kappa shape index (κ3) is 5.18. The lowest BCUT2D eigenvalue weighted by Crippen LogP contribution is -2.31. The van der Waals surface area contributed by atoms with E-state index in [2.05, 4.69) is 16.4 Å². The van der Waals surface area contributed by atoms with E-state index in [1.54, 1.807) is 36.6 Å². The van der Waals surface area contributed by atoms with E-state index in [1.165, 1.54) is 6.07 Å². The average Bonchev–Trinajstić information content (AvgIpc) is 3.52. The first kappa shape index (κ1) is 23.5. The van der Waals surface area contributed by atoms with Gasteiger partial charge in [0.25, 0.3) is 5.56 Å². The number of aryl methyl sites for hydroxylation is 1. The van der Waals surface area contributed by atoms with Gasteiger partial charge in [-0.3, -0.25) is 14.3 Å². The Bertz CT molecular complexity index is 1190. The molecule has 2 N–H and O–H groups in total. The lowest BCUT2D eigenvalue weighted by atomic mass is 10.1. The van der Waals surface area contributed by atoms with Gasteiger partial charge in [-0.05, 0) is 57.7 Å². The van der Waals surface area contributed by atoms with Crippen LogP contribution in [0.25, 0.3) is 0 Å². The number of rotatable bonds is 8. The van der Waals surface area contributed by atoms with Crippen molar-refractivity contribution in [1.29, 1.82) is 0 Å². The van der Waals surface area contributed by atoms with Crippen LogP contribution in [0.15, 0.2) is 38.5 Å². The van der Waals surface area contributed by atoms with Crippen LogP contribution in [0.1, 0.15) is 56.7 Å². The van der Waals surface area contributed by atoms with E-state index in [1.807, 2.05) is 20.8 Å². The molecule has 3 rings (SSSR count). The minimum absolute atomic E-state index is 0.0969. The van der Waals surface area contributed by atoms with E-state index in [-0.39, 0.29) is 11.9 Å². The van der Waals surface area contributed by atoms with Crippen molar-refractivity contribution >= 4 is 22.9 Å². The van der Waals surface area contributed by atoms with E-state index in [9.17, 15) is 14.0 Å². The molecule has 0 bridgehead atoms. The van der Waals surface area contributed by atoms with Gasteiger partial charge in [-0.2, -0.15) is 0 Å². The molecule has 1 fully saturated rings. The maximum atomic E-state index is 14.3. The van der Waals surface area contributed by atoms with Crippen LogP contribution < -0.4 is 21.5 Å². The number of benzene rings is 1. The number of anilines is 2. The monoisotopic (exact) mass is 441 g/mol. The van der Waals surface area contributed by atoms with Crippen molar-refractivity contribution in [3.8, 4) is 0 Å². The molecule has 0 saturated heterocycles. The molecule has 172 valence electrons. The first-order chi connectivity index (χ1) is 15.1. The standard InChI is InChI=1S/C24H32FN5O2/c1-7-8-17(27-20-13-21(29(5)6)19(25)11-14(20)2)12-15(3)26-22-16(4)23(31)28-24(32)30(22)18-9-10-18/h8,11,13,18,27H,7,9-10,12H2,1-6H3,(H,28,31,32)/b17-8+,26-15?. The lowest BCUT2D eigenvalue weighted by Gasteiger charge is -2.19. The molecule has 1 heterocycles. The molecule has 32 heavy (non-hydrogen) atoms. The number of nitrogens with one attached hydrogen (secondary N) is 2. The number of nitrogens with zero attached hydrogens (tertiary/aromatic N) is 3. The van der Waals surface area contributed by atoms with E-state index >= 15 is 0 Å². The number of hydrogen-bond donors (Lipinski definition) is 2. The molecule has 0 amide bonds. The lowest BCUT2D eigenvalue weighted by molar-refractivity contribution is 0.625. The topological polar surface area (TPSA) is 82.5 Å². The van der Waals surface area contributed by atoms with Crippen LogP contribution in [0.4, 0.5) is 21.6 Å². The molecule has 0 spiro atoms. The predicted octanol–water partition coefficient (Wildman–Crippen LogP) is 4.58. The van der Waals surface area contributed by atoms with Gasteiger partial charge >= 0.3 is 5.69 Å². The van der Waals surface area contributed by atoms with Gasteiger partial charge in [0.05, 0.1) is 11.3 Å². The highest BCUT2D eigenvalue weighted by molar-refractivity contribution is 5.87. The molecule has 1 aromatic heterocycles. The molecule has 1 aliphatic carbocycles. The van der Waals surface area contributed by atoms with E-state index < -0.39 is 11.2 Å². The maximum Gasteiger partial charge on any atom is 0.330 e. The molecule has 0 radical (unpaired) electrons. The smallest absolute Gasteiger partial charge is 0.330 e. The van der Waals surface area contributed by atoms with Crippen LogP contribution in [0.3, 0.4) is 0 Å². The molecule has 8 heteroatoms. The summed E-state index contributed by atoms with van der Waals surface area (Å²) in [6, 6.07) is 3.42. The number of aromatic amines is 1. The molecule has 1 aliphatic rings. The second-order valence-electron chi connectivity index (χ2n) is 8.61. The van der Waals surface area contributed by atoms with E-state index in [4.69, 9.17) is 4.99 Å². The number of H-pyrrole nitrogens is 1. The molecule has 1 aromatic carbocycles. The summed E-state index contributed by atoms with van der Waals surface area (Å²) in [4.78, 5) is 33.4. The average molecular weight is 442 g/mol. The number of allylic oxidation sites excluding steroid dienone is 2. The summed E-state index contributed by atoms with van der Waals surface area (Å²) in [5.74, 6) is 0.169. The Kier molecular flexibility index (Phi) is 7.01. The van der Waals surface area contributed by atoms with Crippen LogP contribution >= 0.6 is 0 Å². The minimum Gasteiger partial charge on any atom is -0.375 e. The second-order valence-corrected chi connectivity index (χ2v) is 8.61. The Morgan fingerprint density at radius 1 is 1.31 bits per heavy atom. The van der Waals surface area contributed by atoms with Gasteiger partial charge < -0.3 is 10.2 Å². The molecule has 0 atom stereocenters. The largest absolute Gasteiger partial charge is 0.375 e. The number of aromatic nitrogens is 2. The summed E-state index contributed by atoms with van der Waals surface area (Å²) in [6.45, 7) is 7.48. The van der Waals surface area contributed by atoms with Crippen LogP contribution in [0.2, 0.25) is 0 Å². The Morgan fingerprint density at radius 3 is 2.59 bits per heavy atom. The zero-order valence-electron chi connectivity index (χ0n) is 19.7. The molecule has 2 aromatic rings. The minimum atomic E-state index is -0.407. The van der Waals surface area contributed by atoms with Crippen molar-refractivity contribution in [2.24, 2.45) is 4.99 Å². The van der Waals surface area contributed by atoms with Crippen LogP contribution in [0, 0.1) is 19.7 Å². The summed E-state index contributed by atoms with van der Waals surface area (Å²) >= 11 is 0. The summed E-state index contributed by atoms with van der Waals surface area (Å²) < 4.78 is 15.9. The van der Waals surface area contributed by atoms with Gasteiger partial charge in [-0.1, -0.05) is 13.0 Å². The SMILES string of the molecule is CC/C=C(\CC(C)=Nc1c(C)c(=O)[nH]c(=O)n1C1CC1)Nc1cc(N(C)C)c(F)cc1C. The Hall–Kier alpha value is -3.16. The fraction of sp³-hybridized carbons (Fsp3) is 0.458. The third-order valence-electron chi connectivity index (χ3n) is 5.52. The summed E-state index contributed by atoms with van der Waals surface area (Å²) in [5, 5.41) is 3.43. The van der Waals surface area contributed by atoms with Crippen molar-refractivity contribution in [1.82, 2.24) is 9.55 Å². The van der Waals surface area contributed by atoms with Gasteiger partial charge in [-0.25, -0.2) is 14.2 Å². The zero-order chi connectivity index (χ0) is 23.6. The van der Waals surface area contributed by atoms with Crippen LogP contribution in [0.5, 0.6) is 0 Å². The summed E-state index contributed by atoms with van der Waals surface area (Å²) in [7, 11) is 3.61. The van der Waals surface area contributed by atoms with Gasteiger partial charge in [0.15, 0.2) is 0 Å². The predicted molar refractivity (Wildman–Crippen MR) is 129 cm³/mol. The first-order valence-electron chi connectivity index (χ1n) is 11.0. The highest BCUT2D eigenvalue weighted by atomic mass is 19.1. The van der Waals surface area contributed by atoms with Crippen molar-refractivity contribution < 1.29 is 4.39 Å². The number of hydrogen-bond acceptors (Lipinski definition) is 5. The highest BCUT2D eigenvalue weighted by Gasteiger charge is 2.28. The number of aliphatic imine (C=N–C) groups is 1. The first-order valence-corrected chi connectivity index (χ1v) is 11.0. The quantitative estimate of drug-likeness (QED) is 0.588. The Morgan fingerprint density at radius 2 is 2.00 bits per heavy atom. The Labute approximate surface area is 187 Å². The second kappa shape index (κ2) is 9.54. The molecular weight excluding hydrogens is 409 g/mol. The van der Waals surface area contributed by atoms with E-state index in [0.717, 1.165) is 41.9 Å². The molecule has 0 unspecified atom stereocenters. The van der Waals surface area contributed by atoms with Gasteiger partial charge in [-0.15, -0.1) is 0 Å².